The van der Waals surface area contributed by atoms with Gasteiger partial charge in [-0.3, -0.25) is 4.57 Å². The Morgan fingerprint density at radius 3 is 2.67 bits per heavy atom. The summed E-state index contributed by atoms with van der Waals surface area (Å²) in [5.74, 6) is -0.501. The van der Waals surface area contributed by atoms with Crippen molar-refractivity contribution in [3.05, 3.63) is 51.4 Å². The van der Waals surface area contributed by atoms with E-state index in [0.29, 0.717) is 17.6 Å². The molecule has 0 bridgehead atoms. The van der Waals surface area contributed by atoms with Crippen LogP contribution in [0.5, 0.6) is 11.5 Å². The molecule has 0 radical (unpaired) electrons. The normalized spacial score (nSPS) is 11.1. The van der Waals surface area contributed by atoms with Gasteiger partial charge in [0, 0.05) is 12.6 Å². The zero-order valence-electron chi connectivity index (χ0n) is 10.8. The van der Waals surface area contributed by atoms with Crippen molar-refractivity contribution in [1.82, 2.24) is 9.55 Å². The lowest BCUT2D eigenvalue weighted by molar-refractivity contribution is 0.449. The number of rotatable bonds is 2. The van der Waals surface area contributed by atoms with Gasteiger partial charge < -0.3 is 20.9 Å². The van der Waals surface area contributed by atoms with E-state index in [4.69, 9.17) is 17.3 Å². The van der Waals surface area contributed by atoms with Gasteiger partial charge in [-0.2, -0.15) is 0 Å². The summed E-state index contributed by atoms with van der Waals surface area (Å²) in [7, 11) is 0. The number of imidazole rings is 1. The predicted octanol–water partition coefficient (Wildman–Crippen LogP) is 1.84. The molecule has 0 amide bonds. The summed E-state index contributed by atoms with van der Waals surface area (Å²) in [5, 5.41) is 19.5. The van der Waals surface area contributed by atoms with Crippen LogP contribution in [-0.4, -0.2) is 19.8 Å². The highest BCUT2D eigenvalue weighted by atomic mass is 35.5. The largest absolute Gasteiger partial charge is 0.506 e. The number of benzene rings is 2. The molecule has 0 spiro atoms. The van der Waals surface area contributed by atoms with Crippen LogP contribution >= 0.6 is 11.6 Å². The quantitative estimate of drug-likeness (QED) is 0.580. The van der Waals surface area contributed by atoms with Gasteiger partial charge in [0.15, 0.2) is 0 Å². The number of aromatic nitrogens is 2. The maximum absolute atomic E-state index is 12.1. The summed E-state index contributed by atoms with van der Waals surface area (Å²) >= 11 is 5.85. The van der Waals surface area contributed by atoms with Gasteiger partial charge in [0.05, 0.1) is 21.7 Å². The van der Waals surface area contributed by atoms with Crippen LogP contribution in [-0.2, 0) is 6.54 Å². The molecule has 7 heteroatoms. The Morgan fingerprint density at radius 2 is 1.95 bits per heavy atom. The van der Waals surface area contributed by atoms with Crippen molar-refractivity contribution in [3.8, 4) is 17.2 Å². The van der Waals surface area contributed by atoms with E-state index >= 15 is 0 Å². The topological polar surface area (TPSA) is 104 Å². The summed E-state index contributed by atoms with van der Waals surface area (Å²) in [6.45, 7) is 0.361. The number of phenolic OH excluding ortho intramolecular Hbond substituents is 2. The van der Waals surface area contributed by atoms with Crippen LogP contribution in [0, 0.1) is 0 Å². The second kappa shape index (κ2) is 4.83. The average molecular weight is 306 g/mol. The third-order valence-corrected chi connectivity index (χ3v) is 3.57. The highest BCUT2D eigenvalue weighted by Gasteiger charge is 2.15. The molecular formula is C14H12ClN3O3. The molecule has 0 saturated carbocycles. The molecule has 3 aromatic rings. The molecule has 0 saturated heterocycles. The van der Waals surface area contributed by atoms with Gasteiger partial charge in [0.25, 0.3) is 0 Å². The summed E-state index contributed by atoms with van der Waals surface area (Å²) in [6, 6.07) is 7.72. The number of halogens is 1. The lowest BCUT2D eigenvalue weighted by Crippen LogP contribution is -2.14. The van der Waals surface area contributed by atoms with Gasteiger partial charge in [-0.1, -0.05) is 17.7 Å². The van der Waals surface area contributed by atoms with E-state index in [2.05, 4.69) is 4.98 Å². The van der Waals surface area contributed by atoms with Crippen LogP contribution in [0.1, 0.15) is 5.56 Å². The van der Waals surface area contributed by atoms with Gasteiger partial charge in [0.1, 0.15) is 11.5 Å². The van der Waals surface area contributed by atoms with Crippen LogP contribution in [0.3, 0.4) is 0 Å². The maximum Gasteiger partial charge on any atom is 0.331 e. The number of nitrogens with one attached hydrogen (secondary N) is 1. The molecule has 1 heterocycles. The standard InChI is InChI=1S/C14H12ClN3O3/c15-8-4-11(13(20)5-12(8)19)18-10-2-1-7(6-16)3-9(10)17-14(18)21/h1-5,19-20H,6,16H2,(H,17,21). The minimum atomic E-state index is -0.420. The maximum atomic E-state index is 12.1. The molecule has 5 N–H and O–H groups in total. The number of hydrogen-bond donors (Lipinski definition) is 4. The fourth-order valence-corrected chi connectivity index (χ4v) is 2.40. The first-order valence-corrected chi connectivity index (χ1v) is 6.54. The number of fused-ring (bicyclic) bond motifs is 1. The fraction of sp³-hybridized carbons (Fsp3) is 0.0714. The smallest absolute Gasteiger partial charge is 0.331 e. The number of aromatic hydroxyl groups is 2. The van der Waals surface area contributed by atoms with Crippen LogP contribution in [0.4, 0.5) is 0 Å². The number of phenols is 2. The van der Waals surface area contributed by atoms with Crippen molar-refractivity contribution in [2.75, 3.05) is 0 Å². The number of H-pyrrole nitrogens is 1. The molecule has 0 unspecified atom stereocenters. The molecule has 3 rings (SSSR count). The van der Waals surface area contributed by atoms with Gasteiger partial charge in [0.2, 0.25) is 0 Å². The van der Waals surface area contributed by atoms with Crippen molar-refractivity contribution in [3.63, 3.8) is 0 Å². The van der Waals surface area contributed by atoms with Crippen molar-refractivity contribution in [2.24, 2.45) is 5.73 Å². The van der Waals surface area contributed by atoms with E-state index in [1.807, 2.05) is 0 Å². The lowest BCUT2D eigenvalue weighted by Gasteiger charge is -2.08. The Hall–Kier alpha value is -2.44. The molecule has 0 aliphatic carbocycles. The minimum Gasteiger partial charge on any atom is -0.506 e. The Bertz CT molecular complexity index is 898. The van der Waals surface area contributed by atoms with Crippen molar-refractivity contribution >= 4 is 22.6 Å². The second-order valence-corrected chi connectivity index (χ2v) is 5.02. The first-order valence-electron chi connectivity index (χ1n) is 6.17. The number of nitrogens with two attached hydrogens (primary N) is 1. The molecule has 0 aliphatic rings. The molecule has 6 nitrogen and oxygen atoms in total. The van der Waals surface area contributed by atoms with Gasteiger partial charge in [-0.05, 0) is 23.8 Å². The number of hydrogen-bond acceptors (Lipinski definition) is 4. The molecule has 0 fully saturated rings. The van der Waals surface area contributed by atoms with Crippen LogP contribution < -0.4 is 11.4 Å². The van der Waals surface area contributed by atoms with Crippen LogP contribution in [0.25, 0.3) is 16.7 Å². The molecule has 21 heavy (non-hydrogen) atoms. The average Bonchev–Trinajstić information content (AvgIpc) is 2.77. The van der Waals surface area contributed by atoms with Crippen molar-refractivity contribution in [2.45, 2.75) is 6.54 Å². The van der Waals surface area contributed by atoms with Gasteiger partial charge >= 0.3 is 5.69 Å². The molecular weight excluding hydrogens is 294 g/mol. The number of aromatic amines is 1. The zero-order chi connectivity index (χ0) is 15.1. The predicted molar refractivity (Wildman–Crippen MR) is 80.1 cm³/mol. The summed E-state index contributed by atoms with van der Waals surface area (Å²) in [6.07, 6.45) is 0. The Kier molecular flexibility index (Phi) is 3.12. The van der Waals surface area contributed by atoms with Gasteiger partial charge in [-0.15, -0.1) is 0 Å². The Morgan fingerprint density at radius 1 is 1.19 bits per heavy atom. The SMILES string of the molecule is NCc1ccc2c(c1)[nH]c(=O)n2-c1cc(Cl)c(O)cc1O. The monoisotopic (exact) mass is 305 g/mol. The fourth-order valence-electron chi connectivity index (χ4n) is 2.24. The van der Waals surface area contributed by atoms with E-state index in [-0.39, 0.29) is 22.2 Å². The lowest BCUT2D eigenvalue weighted by atomic mass is 10.2. The highest BCUT2D eigenvalue weighted by molar-refractivity contribution is 6.32. The van der Waals surface area contributed by atoms with Crippen molar-refractivity contribution in [1.29, 1.82) is 0 Å². The number of nitrogens with zero attached hydrogens (tertiary/aromatic N) is 1. The first kappa shape index (κ1) is 13.5. The molecule has 2 aromatic carbocycles. The van der Waals surface area contributed by atoms with E-state index in [1.54, 1.807) is 18.2 Å². The van der Waals surface area contributed by atoms with Crippen LogP contribution in [0.2, 0.25) is 5.02 Å². The minimum absolute atomic E-state index is 0.0441. The first-order chi connectivity index (χ1) is 10.0. The highest BCUT2D eigenvalue weighted by Crippen LogP contribution is 2.33. The summed E-state index contributed by atoms with van der Waals surface area (Å²) in [5.41, 5.74) is 7.40. The third-order valence-electron chi connectivity index (χ3n) is 3.27. The van der Waals surface area contributed by atoms with E-state index < -0.39 is 5.69 Å². The zero-order valence-corrected chi connectivity index (χ0v) is 11.6. The van der Waals surface area contributed by atoms with E-state index in [1.165, 1.54) is 10.6 Å². The molecule has 108 valence electrons. The van der Waals surface area contributed by atoms with Crippen molar-refractivity contribution < 1.29 is 10.2 Å². The van der Waals surface area contributed by atoms with Gasteiger partial charge in [-0.25, -0.2) is 4.79 Å². The second-order valence-electron chi connectivity index (χ2n) is 4.61. The summed E-state index contributed by atoms with van der Waals surface area (Å²) in [4.78, 5) is 14.8. The Labute approximate surface area is 124 Å². The van der Waals surface area contributed by atoms with Crippen LogP contribution in [0.15, 0.2) is 35.1 Å². The third kappa shape index (κ3) is 2.14. The van der Waals surface area contributed by atoms with E-state index in [0.717, 1.165) is 11.6 Å². The molecule has 0 atom stereocenters. The molecule has 1 aromatic heterocycles. The van der Waals surface area contributed by atoms with E-state index in [9.17, 15) is 15.0 Å². The summed E-state index contributed by atoms with van der Waals surface area (Å²) < 4.78 is 1.29. The molecule has 0 aliphatic heterocycles. The Balaban J connectivity index is 2.33.